The molecule has 1 unspecified atom stereocenters. The van der Waals surface area contributed by atoms with E-state index in [1.807, 2.05) is 23.6 Å². The molecule has 0 bridgehead atoms. The van der Waals surface area contributed by atoms with E-state index in [0.29, 0.717) is 26.2 Å². The number of nitrogens with zero attached hydrogens (tertiary/aromatic N) is 2. The maximum absolute atomic E-state index is 12.0. The molecule has 0 aliphatic carbocycles. The fourth-order valence-corrected chi connectivity index (χ4v) is 2.28. The van der Waals surface area contributed by atoms with E-state index in [2.05, 4.69) is 12.1 Å². The third-order valence-corrected chi connectivity index (χ3v) is 3.46. The zero-order valence-corrected chi connectivity index (χ0v) is 15.3. The molecule has 2 amide bonds. The molecular formula is C14H28Cl2N4O3. The van der Waals surface area contributed by atoms with Gasteiger partial charge in [0.25, 0.3) is 5.91 Å². The van der Waals surface area contributed by atoms with Crippen molar-refractivity contribution < 1.29 is 14.4 Å². The summed E-state index contributed by atoms with van der Waals surface area (Å²) in [6.07, 6.45) is 1.55. The fraction of sp³-hybridized carbons (Fsp3) is 0.714. The average molecular weight is 371 g/mol. The maximum Gasteiger partial charge on any atom is 0.262 e. The standard InChI is InChI=1S/C14H26N4O3.2ClH/c1-4-9-21-16-13(19)12(10-15)17-5-7-18(8-6-17)14(20)11(2)3;;/h4,11-12H,1,5-10,15H2,2-3H3,(H,16,19);2*1H. The number of nitrogens with one attached hydrogen (secondary N) is 1. The average Bonchev–Trinajstić information content (AvgIpc) is 2.48. The number of hydroxylamine groups is 1. The minimum Gasteiger partial charge on any atom is -0.340 e. The lowest BCUT2D eigenvalue weighted by Crippen LogP contribution is -2.58. The summed E-state index contributed by atoms with van der Waals surface area (Å²) in [5.41, 5.74) is 8.06. The van der Waals surface area contributed by atoms with Crippen molar-refractivity contribution in [2.75, 3.05) is 39.3 Å². The number of halogens is 2. The van der Waals surface area contributed by atoms with Crippen LogP contribution in [0.4, 0.5) is 0 Å². The molecule has 3 N–H and O–H groups in total. The van der Waals surface area contributed by atoms with Crippen molar-refractivity contribution in [1.29, 1.82) is 0 Å². The normalized spacial score (nSPS) is 16.1. The molecule has 9 heteroatoms. The largest absolute Gasteiger partial charge is 0.340 e. The molecule has 0 saturated carbocycles. The molecule has 1 saturated heterocycles. The molecule has 136 valence electrons. The quantitative estimate of drug-likeness (QED) is 0.379. The van der Waals surface area contributed by atoms with E-state index in [-0.39, 0.29) is 55.7 Å². The second-order valence-electron chi connectivity index (χ2n) is 5.33. The summed E-state index contributed by atoms with van der Waals surface area (Å²) < 4.78 is 0. The number of carbonyl (C=O) groups is 2. The summed E-state index contributed by atoms with van der Waals surface area (Å²) >= 11 is 0. The van der Waals surface area contributed by atoms with E-state index in [4.69, 9.17) is 10.6 Å². The molecule has 0 aromatic rings. The molecule has 0 spiro atoms. The zero-order chi connectivity index (χ0) is 15.8. The number of nitrogens with two attached hydrogens (primary N) is 1. The summed E-state index contributed by atoms with van der Waals surface area (Å²) in [6.45, 7) is 10.3. The van der Waals surface area contributed by atoms with Crippen LogP contribution in [-0.4, -0.2) is 67.0 Å². The highest BCUT2D eigenvalue weighted by Crippen LogP contribution is 2.09. The van der Waals surface area contributed by atoms with Gasteiger partial charge in [0.1, 0.15) is 6.04 Å². The molecule has 1 heterocycles. The lowest BCUT2D eigenvalue weighted by molar-refractivity contribution is -0.141. The minimum absolute atomic E-state index is 0. The first-order chi connectivity index (χ1) is 10.0. The van der Waals surface area contributed by atoms with Crippen LogP contribution in [0.1, 0.15) is 13.8 Å². The number of carbonyl (C=O) groups excluding carboxylic acids is 2. The van der Waals surface area contributed by atoms with Gasteiger partial charge in [-0.3, -0.25) is 19.3 Å². The number of hydrogen-bond acceptors (Lipinski definition) is 5. The number of amides is 2. The van der Waals surface area contributed by atoms with Gasteiger partial charge in [0.05, 0.1) is 6.61 Å². The summed E-state index contributed by atoms with van der Waals surface area (Å²) in [5.74, 6) is -0.113. The molecule has 1 fully saturated rings. The first-order valence-electron chi connectivity index (χ1n) is 7.26. The lowest BCUT2D eigenvalue weighted by atomic mass is 10.1. The molecule has 1 rings (SSSR count). The summed E-state index contributed by atoms with van der Waals surface area (Å²) in [5, 5.41) is 0. The molecule has 1 aliphatic rings. The van der Waals surface area contributed by atoms with E-state index >= 15 is 0 Å². The first kappa shape index (κ1) is 24.4. The van der Waals surface area contributed by atoms with Gasteiger partial charge in [0, 0.05) is 38.6 Å². The van der Waals surface area contributed by atoms with Crippen molar-refractivity contribution in [2.24, 2.45) is 11.7 Å². The summed E-state index contributed by atoms with van der Waals surface area (Å²) in [4.78, 5) is 32.7. The second-order valence-corrected chi connectivity index (χ2v) is 5.33. The topological polar surface area (TPSA) is 87.9 Å². The maximum atomic E-state index is 12.0. The van der Waals surface area contributed by atoms with Crippen molar-refractivity contribution >= 4 is 36.6 Å². The van der Waals surface area contributed by atoms with E-state index in [1.54, 1.807) is 6.08 Å². The molecule has 1 atom stereocenters. The number of piperazine rings is 1. The summed E-state index contributed by atoms with van der Waals surface area (Å²) in [6, 6.07) is -0.439. The first-order valence-corrected chi connectivity index (χ1v) is 7.26. The van der Waals surface area contributed by atoms with Gasteiger partial charge in [0.2, 0.25) is 5.91 Å². The van der Waals surface area contributed by atoms with Crippen LogP contribution >= 0.6 is 24.8 Å². The van der Waals surface area contributed by atoms with Crippen LogP contribution in [0, 0.1) is 5.92 Å². The van der Waals surface area contributed by atoms with Gasteiger partial charge in [-0.15, -0.1) is 31.4 Å². The van der Waals surface area contributed by atoms with Gasteiger partial charge < -0.3 is 10.6 Å². The SMILES string of the molecule is C=CCONC(=O)C(CN)N1CCN(C(=O)C(C)C)CC1.Cl.Cl. The molecule has 0 aromatic heterocycles. The van der Waals surface area contributed by atoms with Crippen molar-refractivity contribution in [3.05, 3.63) is 12.7 Å². The lowest BCUT2D eigenvalue weighted by Gasteiger charge is -2.38. The Labute approximate surface area is 150 Å². The van der Waals surface area contributed by atoms with Crippen molar-refractivity contribution in [2.45, 2.75) is 19.9 Å². The third kappa shape index (κ3) is 7.50. The van der Waals surface area contributed by atoms with Crippen LogP contribution in [0.15, 0.2) is 12.7 Å². The number of hydrogen-bond donors (Lipinski definition) is 2. The van der Waals surface area contributed by atoms with Gasteiger partial charge in [0.15, 0.2) is 0 Å². The van der Waals surface area contributed by atoms with Gasteiger partial charge in [-0.25, -0.2) is 5.48 Å². The Hall–Kier alpha value is -0.860. The van der Waals surface area contributed by atoms with Crippen LogP contribution in [0.3, 0.4) is 0 Å². The fourth-order valence-electron chi connectivity index (χ4n) is 2.28. The number of rotatable bonds is 7. The Bertz CT molecular complexity index is 375. The smallest absolute Gasteiger partial charge is 0.262 e. The Morgan fingerprint density at radius 1 is 1.26 bits per heavy atom. The van der Waals surface area contributed by atoms with Crippen LogP contribution in [0.5, 0.6) is 0 Å². The minimum atomic E-state index is -0.439. The molecule has 0 radical (unpaired) electrons. The van der Waals surface area contributed by atoms with Crippen LogP contribution in [0.2, 0.25) is 0 Å². The van der Waals surface area contributed by atoms with Crippen molar-refractivity contribution in [3.8, 4) is 0 Å². The molecule has 1 aliphatic heterocycles. The highest BCUT2D eigenvalue weighted by Gasteiger charge is 2.30. The summed E-state index contributed by atoms with van der Waals surface area (Å²) in [7, 11) is 0. The Kier molecular flexibility index (Phi) is 13.3. The van der Waals surface area contributed by atoms with Crippen LogP contribution in [0.25, 0.3) is 0 Å². The van der Waals surface area contributed by atoms with E-state index < -0.39 is 6.04 Å². The highest BCUT2D eigenvalue weighted by molar-refractivity contribution is 5.85. The zero-order valence-electron chi connectivity index (χ0n) is 13.7. The third-order valence-electron chi connectivity index (χ3n) is 3.46. The van der Waals surface area contributed by atoms with Gasteiger partial charge >= 0.3 is 0 Å². The molecule has 0 aromatic carbocycles. The van der Waals surface area contributed by atoms with Gasteiger partial charge in [-0.2, -0.15) is 0 Å². The monoisotopic (exact) mass is 370 g/mol. The Morgan fingerprint density at radius 3 is 2.26 bits per heavy atom. The van der Waals surface area contributed by atoms with Crippen molar-refractivity contribution in [3.63, 3.8) is 0 Å². The van der Waals surface area contributed by atoms with E-state index in [1.165, 1.54) is 0 Å². The predicted octanol–water partition coefficient (Wildman–Crippen LogP) is 0.191. The van der Waals surface area contributed by atoms with Gasteiger partial charge in [-0.05, 0) is 0 Å². The van der Waals surface area contributed by atoms with E-state index in [9.17, 15) is 9.59 Å². The highest BCUT2D eigenvalue weighted by atomic mass is 35.5. The second kappa shape index (κ2) is 12.5. The Balaban J connectivity index is 0. The Morgan fingerprint density at radius 2 is 1.83 bits per heavy atom. The van der Waals surface area contributed by atoms with Crippen LogP contribution < -0.4 is 11.2 Å². The predicted molar refractivity (Wildman–Crippen MR) is 94.6 cm³/mol. The molecule has 7 nitrogen and oxygen atoms in total. The van der Waals surface area contributed by atoms with E-state index in [0.717, 1.165) is 0 Å². The van der Waals surface area contributed by atoms with Crippen LogP contribution in [-0.2, 0) is 14.4 Å². The molecular weight excluding hydrogens is 343 g/mol. The van der Waals surface area contributed by atoms with Gasteiger partial charge in [-0.1, -0.05) is 19.9 Å². The van der Waals surface area contributed by atoms with Crippen molar-refractivity contribution in [1.82, 2.24) is 15.3 Å². The molecule has 23 heavy (non-hydrogen) atoms.